The molecule has 0 spiro atoms. The van der Waals surface area contributed by atoms with Crippen molar-refractivity contribution in [3.05, 3.63) is 59.7 Å². The highest BCUT2D eigenvalue weighted by molar-refractivity contribution is 5.88. The summed E-state index contributed by atoms with van der Waals surface area (Å²) in [6, 6.07) is 14.3. The fraction of sp³-hybridized carbons (Fsp3) is 0.333. The summed E-state index contributed by atoms with van der Waals surface area (Å²) in [4.78, 5) is 26.4. The van der Waals surface area contributed by atoms with E-state index in [2.05, 4.69) is 0 Å². The molecule has 1 atom stereocenters. The molecule has 27 heavy (non-hydrogen) atoms. The number of hydrogen-bond donors (Lipinski definition) is 0. The van der Waals surface area contributed by atoms with E-state index >= 15 is 0 Å². The molecule has 1 heterocycles. The second-order valence-electron chi connectivity index (χ2n) is 6.38. The zero-order valence-corrected chi connectivity index (χ0v) is 15.5. The van der Waals surface area contributed by atoms with Gasteiger partial charge in [0.05, 0.1) is 14.2 Å². The smallest absolute Gasteiger partial charge is 0.329 e. The lowest BCUT2D eigenvalue weighted by atomic mass is 10.1. The van der Waals surface area contributed by atoms with Gasteiger partial charge in [0.15, 0.2) is 0 Å². The number of rotatable bonds is 7. The van der Waals surface area contributed by atoms with Crippen molar-refractivity contribution in [1.29, 1.82) is 0 Å². The van der Waals surface area contributed by atoms with Gasteiger partial charge in [0.2, 0.25) is 5.91 Å². The Morgan fingerprint density at radius 3 is 2.07 bits per heavy atom. The number of amides is 1. The van der Waals surface area contributed by atoms with Crippen molar-refractivity contribution in [1.82, 2.24) is 4.90 Å². The molecule has 142 valence electrons. The van der Waals surface area contributed by atoms with Crippen molar-refractivity contribution in [2.45, 2.75) is 32.0 Å². The maximum atomic E-state index is 12.5. The quantitative estimate of drug-likeness (QED) is 0.702. The van der Waals surface area contributed by atoms with E-state index in [4.69, 9.17) is 14.2 Å². The SMILES string of the molecule is COc1ccc(COC(=O)[C@@H]2CCC(=O)N2Cc2ccc(OC)cc2)cc1. The molecule has 0 radical (unpaired) electrons. The Morgan fingerprint density at radius 1 is 0.963 bits per heavy atom. The van der Waals surface area contributed by atoms with Crippen LogP contribution in [0.1, 0.15) is 24.0 Å². The normalized spacial score (nSPS) is 16.3. The number of nitrogens with zero attached hydrogens (tertiary/aromatic N) is 1. The standard InChI is InChI=1S/C21H23NO5/c1-25-17-7-3-15(4-8-17)13-22-19(11-12-20(22)23)21(24)27-14-16-5-9-18(26-2)10-6-16/h3-10,19H,11-14H2,1-2H3/t19-/m0/s1. The van der Waals surface area contributed by atoms with Gasteiger partial charge in [-0.15, -0.1) is 0 Å². The summed E-state index contributed by atoms with van der Waals surface area (Å²) in [5, 5.41) is 0. The predicted octanol–water partition coefficient (Wildman–Crippen LogP) is 2.94. The van der Waals surface area contributed by atoms with Gasteiger partial charge in [0, 0.05) is 13.0 Å². The lowest BCUT2D eigenvalue weighted by Gasteiger charge is -2.23. The fourth-order valence-electron chi connectivity index (χ4n) is 3.08. The lowest BCUT2D eigenvalue weighted by Crippen LogP contribution is -2.39. The molecule has 0 aromatic heterocycles. The molecule has 2 aromatic rings. The van der Waals surface area contributed by atoms with Gasteiger partial charge in [-0.2, -0.15) is 0 Å². The Kier molecular flexibility index (Phi) is 5.96. The highest BCUT2D eigenvalue weighted by Gasteiger charge is 2.37. The molecule has 1 fully saturated rings. The third kappa shape index (κ3) is 4.58. The van der Waals surface area contributed by atoms with Crippen molar-refractivity contribution in [2.75, 3.05) is 14.2 Å². The van der Waals surface area contributed by atoms with Crippen molar-refractivity contribution < 1.29 is 23.8 Å². The summed E-state index contributed by atoms with van der Waals surface area (Å²) in [5.74, 6) is 1.10. The number of carbonyl (C=O) groups is 2. The van der Waals surface area contributed by atoms with Crippen molar-refractivity contribution in [2.24, 2.45) is 0 Å². The zero-order valence-electron chi connectivity index (χ0n) is 15.5. The van der Waals surface area contributed by atoms with Crippen LogP contribution < -0.4 is 9.47 Å². The van der Waals surface area contributed by atoms with E-state index in [1.807, 2.05) is 48.5 Å². The zero-order chi connectivity index (χ0) is 19.2. The number of benzene rings is 2. The van der Waals surface area contributed by atoms with Crippen molar-refractivity contribution >= 4 is 11.9 Å². The molecule has 6 heteroatoms. The summed E-state index contributed by atoms with van der Waals surface area (Å²) in [6.45, 7) is 0.551. The fourth-order valence-corrected chi connectivity index (χ4v) is 3.08. The Balaban J connectivity index is 1.60. The van der Waals surface area contributed by atoms with Crippen LogP contribution in [0.3, 0.4) is 0 Å². The largest absolute Gasteiger partial charge is 0.497 e. The lowest BCUT2D eigenvalue weighted by molar-refractivity contribution is -0.153. The van der Waals surface area contributed by atoms with Gasteiger partial charge < -0.3 is 19.1 Å². The first-order valence-corrected chi connectivity index (χ1v) is 8.82. The third-order valence-electron chi connectivity index (χ3n) is 4.65. The summed E-state index contributed by atoms with van der Waals surface area (Å²) in [6.07, 6.45) is 0.842. The predicted molar refractivity (Wildman–Crippen MR) is 99.4 cm³/mol. The van der Waals surface area contributed by atoms with Gasteiger partial charge in [0.25, 0.3) is 0 Å². The summed E-state index contributed by atoms with van der Waals surface area (Å²) in [5.41, 5.74) is 1.81. The topological polar surface area (TPSA) is 65.1 Å². The van der Waals surface area contributed by atoms with E-state index in [1.165, 1.54) is 0 Å². The van der Waals surface area contributed by atoms with E-state index in [-0.39, 0.29) is 18.5 Å². The first-order valence-electron chi connectivity index (χ1n) is 8.82. The van der Waals surface area contributed by atoms with Crippen LogP contribution in [0.2, 0.25) is 0 Å². The van der Waals surface area contributed by atoms with Crippen LogP contribution in [0.5, 0.6) is 11.5 Å². The molecular weight excluding hydrogens is 346 g/mol. The molecule has 1 aliphatic rings. The minimum Gasteiger partial charge on any atom is -0.497 e. The monoisotopic (exact) mass is 369 g/mol. The van der Waals surface area contributed by atoms with E-state index in [1.54, 1.807) is 19.1 Å². The van der Waals surface area contributed by atoms with E-state index in [0.29, 0.717) is 19.4 Å². The van der Waals surface area contributed by atoms with Crippen LogP contribution in [0.4, 0.5) is 0 Å². The number of hydrogen-bond acceptors (Lipinski definition) is 5. The summed E-state index contributed by atoms with van der Waals surface area (Å²) in [7, 11) is 3.21. The van der Waals surface area contributed by atoms with Gasteiger partial charge in [-0.25, -0.2) is 4.79 Å². The number of ether oxygens (including phenoxy) is 3. The molecule has 3 rings (SSSR count). The molecule has 0 N–H and O–H groups in total. The number of likely N-dealkylation sites (tertiary alicyclic amines) is 1. The van der Waals surface area contributed by atoms with Crippen LogP contribution in [0.25, 0.3) is 0 Å². The number of esters is 1. The first-order chi connectivity index (χ1) is 13.1. The Bertz CT molecular complexity index is 785. The van der Waals surface area contributed by atoms with Crippen molar-refractivity contribution in [3.63, 3.8) is 0 Å². The molecule has 0 saturated carbocycles. The molecule has 0 bridgehead atoms. The Labute approximate surface area is 158 Å². The van der Waals surface area contributed by atoms with Crippen LogP contribution in [0, 0.1) is 0 Å². The van der Waals surface area contributed by atoms with Gasteiger partial charge in [-0.1, -0.05) is 24.3 Å². The third-order valence-corrected chi connectivity index (χ3v) is 4.65. The Morgan fingerprint density at radius 2 is 1.52 bits per heavy atom. The van der Waals surface area contributed by atoms with Crippen LogP contribution in [0.15, 0.2) is 48.5 Å². The average molecular weight is 369 g/mol. The number of carbonyl (C=O) groups excluding carboxylic acids is 2. The molecule has 2 aromatic carbocycles. The minimum atomic E-state index is -0.544. The molecule has 1 saturated heterocycles. The second-order valence-corrected chi connectivity index (χ2v) is 6.38. The molecule has 0 unspecified atom stereocenters. The molecule has 1 aliphatic heterocycles. The Hall–Kier alpha value is -3.02. The molecule has 1 amide bonds. The number of methoxy groups -OCH3 is 2. The summed E-state index contributed by atoms with van der Waals surface area (Å²) < 4.78 is 15.7. The maximum Gasteiger partial charge on any atom is 0.329 e. The van der Waals surface area contributed by atoms with Gasteiger partial charge in [-0.05, 0) is 41.8 Å². The van der Waals surface area contributed by atoms with Crippen LogP contribution in [-0.4, -0.2) is 37.0 Å². The molecule has 0 aliphatic carbocycles. The second kappa shape index (κ2) is 8.58. The molecule has 6 nitrogen and oxygen atoms in total. The minimum absolute atomic E-state index is 0.0304. The van der Waals surface area contributed by atoms with E-state index in [0.717, 1.165) is 22.6 Å². The highest BCUT2D eigenvalue weighted by atomic mass is 16.5. The van der Waals surface area contributed by atoms with Gasteiger partial charge in [-0.3, -0.25) is 4.79 Å². The summed E-state index contributed by atoms with van der Waals surface area (Å²) >= 11 is 0. The maximum absolute atomic E-state index is 12.5. The van der Waals surface area contributed by atoms with Crippen LogP contribution >= 0.6 is 0 Å². The average Bonchev–Trinajstić information content (AvgIpc) is 3.07. The van der Waals surface area contributed by atoms with Crippen LogP contribution in [-0.2, 0) is 27.5 Å². The van der Waals surface area contributed by atoms with Gasteiger partial charge >= 0.3 is 5.97 Å². The van der Waals surface area contributed by atoms with E-state index < -0.39 is 6.04 Å². The highest BCUT2D eigenvalue weighted by Crippen LogP contribution is 2.24. The molecular formula is C21H23NO5. The first kappa shape index (κ1) is 18.8. The van der Waals surface area contributed by atoms with E-state index in [9.17, 15) is 9.59 Å². The van der Waals surface area contributed by atoms with Gasteiger partial charge in [0.1, 0.15) is 24.1 Å². The van der Waals surface area contributed by atoms with Crippen molar-refractivity contribution in [3.8, 4) is 11.5 Å².